The number of aromatic nitrogens is 8. The van der Waals surface area contributed by atoms with Crippen molar-refractivity contribution in [3.8, 4) is 28.3 Å². The zero-order chi connectivity index (χ0) is 29.5. The molecule has 10 nitrogen and oxygen atoms in total. The minimum absolute atomic E-state index is 0.136. The third kappa shape index (κ3) is 3.94. The minimum Gasteiger partial charge on any atom is -0.369 e. The van der Waals surface area contributed by atoms with Gasteiger partial charge in [-0.05, 0) is 18.2 Å². The summed E-state index contributed by atoms with van der Waals surface area (Å²) in [6.07, 6.45) is 6.11. The van der Waals surface area contributed by atoms with Crippen LogP contribution >= 0.6 is 0 Å². The number of piperidine rings is 1. The lowest BCUT2D eigenvalue weighted by Gasteiger charge is -2.34. The number of anilines is 1. The molecule has 1 aliphatic rings. The standard InChI is InChI=1S/C29H28F3N9O/c1-36-16-33-14-25(36)27-35-21-11-19(17-13-34-37(2)15-17)20(30)12-22(21)41(27)18-9-23-26(39(4)28(42)38(23)3)24(10-18)40-7-5-29(31,32)6-8-40/h9-16H,5-8H2,1-4H3. The van der Waals surface area contributed by atoms with Crippen LogP contribution in [0.4, 0.5) is 18.9 Å². The van der Waals surface area contributed by atoms with E-state index in [2.05, 4.69) is 10.1 Å². The van der Waals surface area contributed by atoms with Gasteiger partial charge in [-0.25, -0.2) is 27.9 Å². The molecule has 0 saturated carbocycles. The molecule has 1 saturated heterocycles. The van der Waals surface area contributed by atoms with Crippen LogP contribution in [0.5, 0.6) is 0 Å². The number of hydrogen-bond donors (Lipinski definition) is 0. The molecule has 0 N–H and O–H groups in total. The van der Waals surface area contributed by atoms with E-state index in [1.165, 1.54) is 15.2 Å². The van der Waals surface area contributed by atoms with Gasteiger partial charge in [-0.2, -0.15) is 5.10 Å². The van der Waals surface area contributed by atoms with E-state index < -0.39 is 11.7 Å². The predicted octanol–water partition coefficient (Wildman–Crippen LogP) is 4.39. The molecule has 0 unspecified atom stereocenters. The number of imidazole rings is 3. The molecule has 0 aliphatic carbocycles. The number of rotatable bonds is 4. The van der Waals surface area contributed by atoms with Gasteiger partial charge in [0.05, 0.1) is 52.2 Å². The van der Waals surface area contributed by atoms with Gasteiger partial charge >= 0.3 is 5.69 Å². The Kier molecular flexibility index (Phi) is 5.66. The molecular weight excluding hydrogens is 547 g/mol. The molecule has 42 heavy (non-hydrogen) atoms. The number of aryl methyl sites for hydroxylation is 4. The third-order valence-electron chi connectivity index (χ3n) is 8.22. The molecule has 1 aliphatic heterocycles. The van der Waals surface area contributed by atoms with Crippen molar-refractivity contribution in [3.05, 3.63) is 65.5 Å². The number of nitrogens with zero attached hydrogens (tertiary/aromatic N) is 9. The van der Waals surface area contributed by atoms with E-state index in [-0.39, 0.29) is 31.6 Å². The Hall–Kier alpha value is -4.81. The Morgan fingerprint density at radius 2 is 1.69 bits per heavy atom. The second kappa shape index (κ2) is 9.10. The predicted molar refractivity (Wildman–Crippen MR) is 154 cm³/mol. The van der Waals surface area contributed by atoms with Gasteiger partial charge in [0, 0.05) is 77.5 Å². The monoisotopic (exact) mass is 575 g/mol. The zero-order valence-corrected chi connectivity index (χ0v) is 23.5. The number of halogens is 3. The lowest BCUT2D eigenvalue weighted by Crippen LogP contribution is -2.39. The van der Waals surface area contributed by atoms with Crippen LogP contribution in [0, 0.1) is 5.82 Å². The molecule has 2 aromatic carbocycles. The van der Waals surface area contributed by atoms with Crippen molar-refractivity contribution in [2.75, 3.05) is 18.0 Å². The number of hydrogen-bond acceptors (Lipinski definition) is 5. The van der Waals surface area contributed by atoms with Crippen LogP contribution in [0.25, 0.3) is 50.4 Å². The summed E-state index contributed by atoms with van der Waals surface area (Å²) >= 11 is 0. The van der Waals surface area contributed by atoms with Gasteiger partial charge in [-0.15, -0.1) is 0 Å². The number of fused-ring (bicyclic) bond motifs is 2. The smallest absolute Gasteiger partial charge is 0.328 e. The summed E-state index contributed by atoms with van der Waals surface area (Å²) in [6.45, 7) is 0.272. The van der Waals surface area contributed by atoms with Crippen molar-refractivity contribution < 1.29 is 13.2 Å². The highest BCUT2D eigenvalue weighted by molar-refractivity contribution is 5.94. The Morgan fingerprint density at radius 1 is 0.929 bits per heavy atom. The molecular formula is C29H28F3N9O. The first-order chi connectivity index (χ1) is 20.0. The first kappa shape index (κ1) is 26.1. The SMILES string of the molecule is Cn1cc(-c2cc3nc(-c4cncn4C)n(-c4cc(N5CCC(F)(F)CC5)c5c(c4)n(C)c(=O)n5C)c3cc2F)cn1. The maximum absolute atomic E-state index is 15.7. The average Bonchev–Trinajstić information content (AvgIpc) is 3.71. The van der Waals surface area contributed by atoms with Crippen LogP contribution in [-0.2, 0) is 28.2 Å². The fourth-order valence-electron chi connectivity index (χ4n) is 5.94. The summed E-state index contributed by atoms with van der Waals surface area (Å²) in [5, 5.41) is 4.18. The van der Waals surface area contributed by atoms with Gasteiger partial charge in [0.15, 0.2) is 5.82 Å². The lowest BCUT2D eigenvalue weighted by atomic mass is 10.1. The van der Waals surface area contributed by atoms with Gasteiger partial charge in [0.25, 0.3) is 5.92 Å². The van der Waals surface area contributed by atoms with Crippen LogP contribution in [0.15, 0.2) is 54.0 Å². The highest BCUT2D eigenvalue weighted by Gasteiger charge is 2.35. The molecule has 0 spiro atoms. The van der Waals surface area contributed by atoms with E-state index in [9.17, 15) is 13.6 Å². The lowest BCUT2D eigenvalue weighted by molar-refractivity contribution is -0.0220. The van der Waals surface area contributed by atoms with Crippen molar-refractivity contribution in [2.24, 2.45) is 28.2 Å². The average molecular weight is 576 g/mol. The molecule has 1 fully saturated rings. The third-order valence-corrected chi connectivity index (χ3v) is 8.22. The number of benzene rings is 2. The molecule has 0 atom stereocenters. The maximum Gasteiger partial charge on any atom is 0.328 e. The van der Waals surface area contributed by atoms with Gasteiger partial charge in [-0.1, -0.05) is 0 Å². The molecule has 0 radical (unpaired) electrons. The van der Waals surface area contributed by atoms with Crippen LogP contribution in [0.2, 0.25) is 0 Å². The Morgan fingerprint density at radius 3 is 2.36 bits per heavy atom. The summed E-state index contributed by atoms with van der Waals surface area (Å²) in [5.74, 6) is -2.66. The molecule has 216 valence electrons. The van der Waals surface area contributed by atoms with Crippen LogP contribution < -0.4 is 10.6 Å². The molecule has 0 bridgehead atoms. The molecule has 0 amide bonds. The Labute approximate surface area is 237 Å². The second-order valence-electron chi connectivity index (χ2n) is 11.0. The molecule has 7 rings (SSSR count). The van der Waals surface area contributed by atoms with Gasteiger partial charge in [0.1, 0.15) is 11.5 Å². The molecule has 13 heteroatoms. The van der Waals surface area contributed by atoms with Crippen molar-refractivity contribution in [3.63, 3.8) is 0 Å². The highest BCUT2D eigenvalue weighted by Crippen LogP contribution is 2.38. The summed E-state index contributed by atoms with van der Waals surface area (Å²) < 4.78 is 52.3. The first-order valence-corrected chi connectivity index (χ1v) is 13.5. The van der Waals surface area contributed by atoms with Crippen LogP contribution in [0.3, 0.4) is 0 Å². The largest absolute Gasteiger partial charge is 0.369 e. The van der Waals surface area contributed by atoms with Crippen molar-refractivity contribution in [2.45, 2.75) is 18.8 Å². The van der Waals surface area contributed by atoms with E-state index in [0.717, 1.165) is 0 Å². The van der Waals surface area contributed by atoms with E-state index in [0.29, 0.717) is 56.1 Å². The quantitative estimate of drug-likeness (QED) is 0.312. The Bertz CT molecular complexity index is 2070. The van der Waals surface area contributed by atoms with Gasteiger partial charge < -0.3 is 9.47 Å². The van der Waals surface area contributed by atoms with E-state index in [1.54, 1.807) is 56.8 Å². The molecule has 5 heterocycles. The summed E-state index contributed by atoms with van der Waals surface area (Å²) in [7, 11) is 6.96. The summed E-state index contributed by atoms with van der Waals surface area (Å²) in [5.41, 5.74) is 5.04. The van der Waals surface area contributed by atoms with E-state index in [1.807, 2.05) is 33.2 Å². The summed E-state index contributed by atoms with van der Waals surface area (Å²) in [4.78, 5) is 24.2. The van der Waals surface area contributed by atoms with Crippen LogP contribution in [-0.4, -0.2) is 57.0 Å². The normalized spacial score (nSPS) is 15.4. The van der Waals surface area contributed by atoms with E-state index in [4.69, 9.17) is 4.98 Å². The number of alkyl halides is 2. The zero-order valence-electron chi connectivity index (χ0n) is 23.5. The van der Waals surface area contributed by atoms with Crippen molar-refractivity contribution in [1.29, 1.82) is 0 Å². The fraction of sp³-hybridized carbons (Fsp3) is 0.310. The topological polar surface area (TPSA) is 83.6 Å². The van der Waals surface area contributed by atoms with Gasteiger partial charge in [-0.3, -0.25) is 18.4 Å². The highest BCUT2D eigenvalue weighted by atomic mass is 19.3. The van der Waals surface area contributed by atoms with Crippen molar-refractivity contribution >= 4 is 27.8 Å². The molecule has 4 aromatic heterocycles. The summed E-state index contributed by atoms with van der Waals surface area (Å²) in [6, 6.07) is 6.87. The first-order valence-electron chi connectivity index (χ1n) is 13.5. The van der Waals surface area contributed by atoms with Gasteiger partial charge in [0.2, 0.25) is 0 Å². The second-order valence-corrected chi connectivity index (χ2v) is 11.0. The minimum atomic E-state index is -2.73. The molecule has 6 aromatic rings. The van der Waals surface area contributed by atoms with Crippen molar-refractivity contribution in [1.82, 2.24) is 38.0 Å². The van der Waals surface area contributed by atoms with E-state index >= 15 is 4.39 Å². The fourth-order valence-corrected chi connectivity index (χ4v) is 5.94. The maximum atomic E-state index is 15.7. The van der Waals surface area contributed by atoms with Crippen LogP contribution in [0.1, 0.15) is 12.8 Å². The Balaban J connectivity index is 1.52.